The Morgan fingerprint density at radius 3 is 2.36 bits per heavy atom. The van der Waals surface area contributed by atoms with Gasteiger partial charge in [0.1, 0.15) is 23.2 Å². The Labute approximate surface area is 209 Å². The molecule has 1 aliphatic rings. The summed E-state index contributed by atoms with van der Waals surface area (Å²) in [5.74, 6) is -4.90. The Morgan fingerprint density at radius 1 is 1.00 bits per heavy atom. The summed E-state index contributed by atoms with van der Waals surface area (Å²) in [6, 6.07) is 7.75. The van der Waals surface area contributed by atoms with Crippen LogP contribution in [0.4, 0.5) is 13.2 Å². The Morgan fingerprint density at radius 2 is 1.69 bits per heavy atom. The van der Waals surface area contributed by atoms with Gasteiger partial charge in [-0.15, -0.1) is 11.3 Å². The summed E-state index contributed by atoms with van der Waals surface area (Å²) in [5, 5.41) is 12.3. The maximum atomic E-state index is 14.6. The number of carbonyl (C=O) groups is 3. The highest BCUT2D eigenvalue weighted by Crippen LogP contribution is 2.30. The number of hydrogen-bond donors (Lipinski definition) is 2. The highest BCUT2D eigenvalue weighted by molar-refractivity contribution is 7.20. The van der Waals surface area contributed by atoms with Crippen LogP contribution >= 0.6 is 11.3 Å². The van der Waals surface area contributed by atoms with Gasteiger partial charge in [-0.2, -0.15) is 0 Å². The van der Waals surface area contributed by atoms with Gasteiger partial charge < -0.3 is 15.2 Å². The zero-order chi connectivity index (χ0) is 25.8. The number of halogens is 3. The Kier molecular flexibility index (Phi) is 7.93. The van der Waals surface area contributed by atoms with Crippen LogP contribution in [0.2, 0.25) is 0 Å². The average molecular weight is 520 g/mol. The molecule has 0 aliphatic heterocycles. The molecule has 190 valence electrons. The van der Waals surface area contributed by atoms with E-state index in [9.17, 15) is 27.6 Å². The van der Waals surface area contributed by atoms with Gasteiger partial charge in [-0.05, 0) is 61.8 Å². The van der Waals surface area contributed by atoms with Crippen LogP contribution in [0.15, 0.2) is 36.4 Å². The third-order valence-corrected chi connectivity index (χ3v) is 7.30. The van der Waals surface area contributed by atoms with Gasteiger partial charge in [0.15, 0.2) is 5.78 Å². The minimum Gasteiger partial charge on any atom is -0.490 e. The van der Waals surface area contributed by atoms with E-state index in [2.05, 4.69) is 5.32 Å². The Hall–Kier alpha value is -3.40. The van der Waals surface area contributed by atoms with E-state index in [1.807, 2.05) is 0 Å². The molecule has 0 spiro atoms. The first kappa shape index (κ1) is 25.7. The number of carboxylic acids is 1. The number of ketones is 1. The SMILES string of the molecule is O=C(NCCCC(=O)c1c(F)cc(OC2CCC(C(=O)O)CC2)cc1F)c1cc2cc(F)ccc2s1. The maximum absolute atomic E-state index is 14.6. The monoisotopic (exact) mass is 519 g/mol. The molecule has 1 saturated carbocycles. The fourth-order valence-corrected chi connectivity index (χ4v) is 5.25. The molecule has 36 heavy (non-hydrogen) atoms. The molecule has 1 fully saturated rings. The highest BCUT2D eigenvalue weighted by atomic mass is 32.1. The van der Waals surface area contributed by atoms with Gasteiger partial charge in [0.25, 0.3) is 5.91 Å². The number of amides is 1. The van der Waals surface area contributed by atoms with Crippen molar-refractivity contribution >= 4 is 39.1 Å². The number of nitrogens with one attached hydrogen (secondary N) is 1. The van der Waals surface area contributed by atoms with Crippen molar-refractivity contribution in [3.8, 4) is 5.75 Å². The number of fused-ring (bicyclic) bond motifs is 1. The summed E-state index contributed by atoms with van der Waals surface area (Å²) in [4.78, 5) is 36.2. The van der Waals surface area contributed by atoms with Gasteiger partial charge in [-0.25, -0.2) is 13.2 Å². The molecule has 0 saturated heterocycles. The standard InChI is InChI=1S/C26H24F3NO5S/c27-16-5-8-22-15(10-16)11-23(36-22)25(32)30-9-1-2-21(31)24-19(28)12-18(13-20(24)29)35-17-6-3-14(4-7-17)26(33)34/h5,8,10-14,17H,1-4,6-7,9H2,(H,30,32)(H,33,34). The van der Waals surface area contributed by atoms with E-state index in [-0.39, 0.29) is 37.1 Å². The van der Waals surface area contributed by atoms with Crippen LogP contribution in [0.3, 0.4) is 0 Å². The number of carboxylic acid groups (broad SMARTS) is 1. The zero-order valence-electron chi connectivity index (χ0n) is 19.2. The van der Waals surface area contributed by atoms with Crippen molar-refractivity contribution in [2.75, 3.05) is 6.54 Å². The predicted molar refractivity (Wildman–Crippen MR) is 128 cm³/mol. The first-order valence-corrected chi connectivity index (χ1v) is 12.4. The minimum absolute atomic E-state index is 0.0456. The van der Waals surface area contributed by atoms with Crippen LogP contribution in [0.25, 0.3) is 10.1 Å². The Bertz CT molecular complexity index is 1280. The second-order valence-electron chi connectivity index (χ2n) is 8.77. The number of carbonyl (C=O) groups excluding carboxylic acids is 2. The molecular weight excluding hydrogens is 495 g/mol. The summed E-state index contributed by atoms with van der Waals surface area (Å²) in [6.45, 7) is 0.122. The molecule has 1 heterocycles. The average Bonchev–Trinajstić information content (AvgIpc) is 3.25. The smallest absolute Gasteiger partial charge is 0.306 e. The predicted octanol–water partition coefficient (Wildman–Crippen LogP) is 5.73. The third-order valence-electron chi connectivity index (χ3n) is 6.19. The number of Topliss-reactive ketones (excluding diaryl/α,β-unsaturated/α-hetero) is 1. The number of benzene rings is 2. The number of hydrogen-bond acceptors (Lipinski definition) is 5. The molecule has 0 unspecified atom stereocenters. The highest BCUT2D eigenvalue weighted by Gasteiger charge is 2.27. The van der Waals surface area contributed by atoms with Crippen LogP contribution in [0.1, 0.15) is 58.6 Å². The van der Waals surface area contributed by atoms with Gasteiger partial charge in [0, 0.05) is 29.8 Å². The fourth-order valence-electron chi connectivity index (χ4n) is 4.29. The van der Waals surface area contributed by atoms with E-state index in [0.29, 0.717) is 35.9 Å². The Balaban J connectivity index is 1.27. The zero-order valence-corrected chi connectivity index (χ0v) is 20.0. The van der Waals surface area contributed by atoms with Crippen molar-refractivity contribution in [2.24, 2.45) is 5.92 Å². The maximum Gasteiger partial charge on any atom is 0.306 e. The van der Waals surface area contributed by atoms with Crippen molar-refractivity contribution in [1.29, 1.82) is 0 Å². The van der Waals surface area contributed by atoms with Crippen molar-refractivity contribution in [3.05, 3.63) is 64.3 Å². The summed E-state index contributed by atoms with van der Waals surface area (Å²) in [6.07, 6.45) is 1.44. The van der Waals surface area contributed by atoms with E-state index < -0.39 is 40.7 Å². The molecule has 1 amide bonds. The molecule has 0 radical (unpaired) electrons. The van der Waals surface area contributed by atoms with Gasteiger partial charge in [-0.3, -0.25) is 14.4 Å². The van der Waals surface area contributed by atoms with Gasteiger partial charge >= 0.3 is 5.97 Å². The van der Waals surface area contributed by atoms with E-state index in [0.717, 1.165) is 16.8 Å². The summed E-state index contributed by atoms with van der Waals surface area (Å²) < 4.78 is 48.8. The van der Waals surface area contributed by atoms with E-state index in [1.54, 1.807) is 12.1 Å². The molecule has 10 heteroatoms. The minimum atomic E-state index is -1.03. The lowest BCUT2D eigenvalue weighted by Crippen LogP contribution is -2.28. The number of aliphatic carboxylic acids is 1. The molecule has 6 nitrogen and oxygen atoms in total. The summed E-state index contributed by atoms with van der Waals surface area (Å²) in [7, 11) is 0. The molecule has 1 aliphatic carbocycles. The molecule has 2 aromatic carbocycles. The number of rotatable bonds is 9. The van der Waals surface area contributed by atoms with E-state index in [1.165, 1.54) is 23.5 Å². The molecule has 4 rings (SSSR count). The topological polar surface area (TPSA) is 92.7 Å². The van der Waals surface area contributed by atoms with E-state index >= 15 is 0 Å². The first-order valence-electron chi connectivity index (χ1n) is 11.6. The second-order valence-corrected chi connectivity index (χ2v) is 9.85. The van der Waals surface area contributed by atoms with Crippen LogP contribution in [0.5, 0.6) is 5.75 Å². The molecule has 1 aromatic heterocycles. The van der Waals surface area contributed by atoms with Gasteiger partial charge in [-0.1, -0.05) is 0 Å². The second kappa shape index (κ2) is 11.1. The molecule has 0 atom stereocenters. The van der Waals surface area contributed by atoms with E-state index in [4.69, 9.17) is 9.84 Å². The van der Waals surface area contributed by atoms with Crippen molar-refractivity contribution in [3.63, 3.8) is 0 Å². The van der Waals surface area contributed by atoms with Crippen LogP contribution in [-0.2, 0) is 4.79 Å². The lowest BCUT2D eigenvalue weighted by molar-refractivity contribution is -0.143. The fraction of sp³-hybridized carbons (Fsp3) is 0.346. The lowest BCUT2D eigenvalue weighted by Gasteiger charge is -2.26. The number of thiophene rings is 1. The normalized spacial score (nSPS) is 17.6. The van der Waals surface area contributed by atoms with Crippen LogP contribution in [-0.4, -0.2) is 35.4 Å². The number of ether oxygens (including phenoxy) is 1. The van der Waals surface area contributed by atoms with Crippen molar-refractivity contribution < 1.29 is 37.4 Å². The lowest BCUT2D eigenvalue weighted by atomic mass is 9.87. The molecular formula is C26H24F3NO5S. The van der Waals surface area contributed by atoms with Gasteiger partial charge in [0.2, 0.25) is 0 Å². The third kappa shape index (κ3) is 6.04. The molecule has 0 bridgehead atoms. The summed E-state index contributed by atoms with van der Waals surface area (Å²) in [5.41, 5.74) is -0.658. The summed E-state index contributed by atoms with van der Waals surface area (Å²) >= 11 is 1.21. The van der Waals surface area contributed by atoms with Crippen molar-refractivity contribution in [1.82, 2.24) is 5.32 Å². The molecule has 3 aromatic rings. The van der Waals surface area contributed by atoms with Crippen LogP contribution in [0, 0.1) is 23.4 Å². The van der Waals surface area contributed by atoms with Gasteiger partial charge in [0.05, 0.1) is 22.5 Å². The molecule has 2 N–H and O–H groups in total. The van der Waals surface area contributed by atoms with Crippen molar-refractivity contribution in [2.45, 2.75) is 44.6 Å². The quantitative estimate of drug-likeness (QED) is 0.278. The largest absolute Gasteiger partial charge is 0.490 e. The first-order chi connectivity index (χ1) is 17.2. The van der Waals surface area contributed by atoms with Crippen LogP contribution < -0.4 is 10.1 Å².